The molecule has 3 aromatic rings. The second-order valence-corrected chi connectivity index (χ2v) is 6.59. The van der Waals surface area contributed by atoms with Crippen molar-refractivity contribution in [1.29, 1.82) is 0 Å². The quantitative estimate of drug-likeness (QED) is 0.483. The van der Waals surface area contributed by atoms with Crippen molar-refractivity contribution in [2.75, 3.05) is 19.9 Å². The number of hydrogen-bond donors (Lipinski definition) is 0. The molecule has 0 fully saturated rings. The fourth-order valence-corrected chi connectivity index (χ4v) is 3.18. The highest BCUT2D eigenvalue weighted by Crippen LogP contribution is 2.23. The molecule has 0 unspecified atom stereocenters. The number of furan rings is 1. The van der Waals surface area contributed by atoms with Crippen LogP contribution in [0.3, 0.4) is 0 Å². The molecule has 0 atom stereocenters. The predicted molar refractivity (Wildman–Crippen MR) is 96.0 cm³/mol. The van der Waals surface area contributed by atoms with Gasteiger partial charge in [-0.1, -0.05) is 23.9 Å². The number of ether oxygens (including phenoxy) is 1. The Balaban J connectivity index is 1.58. The molecule has 8 heteroatoms. The van der Waals surface area contributed by atoms with Gasteiger partial charge in [-0.2, -0.15) is 0 Å². The molecule has 0 aliphatic rings. The third kappa shape index (κ3) is 3.91. The van der Waals surface area contributed by atoms with Crippen LogP contribution in [-0.4, -0.2) is 41.7 Å². The molecular formula is C18H18N2O5S. The van der Waals surface area contributed by atoms with Crippen molar-refractivity contribution in [1.82, 2.24) is 9.88 Å². The third-order valence-corrected chi connectivity index (χ3v) is 4.60. The first-order valence-corrected chi connectivity index (χ1v) is 8.86. The lowest BCUT2D eigenvalue weighted by Gasteiger charge is -2.14. The molecule has 0 aliphatic carbocycles. The second-order valence-electron chi connectivity index (χ2n) is 5.66. The molecule has 0 aliphatic heterocycles. The Labute approximate surface area is 154 Å². The SMILES string of the molecule is COC(=O)c1cc(CN(C)C(=O)CSc2nc3ccccc3o2)oc1C. The van der Waals surface area contributed by atoms with Crippen LogP contribution in [0.15, 0.2) is 44.4 Å². The molecule has 0 N–H and O–H groups in total. The van der Waals surface area contributed by atoms with E-state index in [4.69, 9.17) is 13.6 Å². The van der Waals surface area contributed by atoms with E-state index in [9.17, 15) is 9.59 Å². The van der Waals surface area contributed by atoms with Crippen molar-refractivity contribution in [2.45, 2.75) is 18.7 Å². The number of fused-ring (bicyclic) bond motifs is 1. The number of aromatic nitrogens is 1. The first kappa shape index (κ1) is 18.1. The van der Waals surface area contributed by atoms with Gasteiger partial charge in [0.1, 0.15) is 22.6 Å². The summed E-state index contributed by atoms with van der Waals surface area (Å²) in [6, 6.07) is 9.04. The highest BCUT2D eigenvalue weighted by atomic mass is 32.2. The molecule has 1 aromatic carbocycles. The first-order chi connectivity index (χ1) is 12.5. The van der Waals surface area contributed by atoms with Crippen LogP contribution in [0, 0.1) is 6.92 Å². The van der Waals surface area contributed by atoms with Crippen LogP contribution in [-0.2, 0) is 16.1 Å². The lowest BCUT2D eigenvalue weighted by Crippen LogP contribution is -2.27. The van der Waals surface area contributed by atoms with Gasteiger partial charge in [-0.05, 0) is 25.1 Å². The van der Waals surface area contributed by atoms with E-state index < -0.39 is 5.97 Å². The van der Waals surface area contributed by atoms with Crippen molar-refractivity contribution >= 4 is 34.7 Å². The largest absolute Gasteiger partial charge is 0.465 e. The van der Waals surface area contributed by atoms with E-state index in [1.807, 2.05) is 24.3 Å². The molecule has 2 aromatic heterocycles. The van der Waals surface area contributed by atoms with Crippen LogP contribution in [0.5, 0.6) is 0 Å². The number of carbonyl (C=O) groups excluding carboxylic acids is 2. The smallest absolute Gasteiger partial charge is 0.341 e. The molecule has 0 saturated heterocycles. The standard InChI is InChI=1S/C18H18N2O5S/c1-11-13(17(22)23-3)8-12(24-11)9-20(2)16(21)10-26-18-19-14-6-4-5-7-15(14)25-18/h4-8H,9-10H2,1-3H3. The zero-order chi connectivity index (χ0) is 18.7. The van der Waals surface area contributed by atoms with Gasteiger partial charge in [0.15, 0.2) is 5.58 Å². The van der Waals surface area contributed by atoms with Crippen molar-refractivity contribution in [3.05, 3.63) is 47.4 Å². The molecule has 0 spiro atoms. The highest BCUT2D eigenvalue weighted by molar-refractivity contribution is 7.99. The summed E-state index contributed by atoms with van der Waals surface area (Å²) in [6.45, 7) is 1.94. The molecule has 2 heterocycles. The normalized spacial score (nSPS) is 10.9. The Hall–Kier alpha value is -2.74. The number of methoxy groups -OCH3 is 1. The summed E-state index contributed by atoms with van der Waals surface area (Å²) in [4.78, 5) is 29.8. The van der Waals surface area contributed by atoms with Gasteiger partial charge in [0.25, 0.3) is 5.22 Å². The van der Waals surface area contributed by atoms with E-state index in [0.717, 1.165) is 5.52 Å². The van der Waals surface area contributed by atoms with Crippen molar-refractivity contribution in [2.24, 2.45) is 0 Å². The van der Waals surface area contributed by atoms with Gasteiger partial charge >= 0.3 is 5.97 Å². The Kier molecular flexibility index (Phi) is 5.32. The van der Waals surface area contributed by atoms with E-state index in [-0.39, 0.29) is 18.2 Å². The van der Waals surface area contributed by atoms with E-state index in [1.54, 1.807) is 20.0 Å². The zero-order valence-electron chi connectivity index (χ0n) is 14.6. The van der Waals surface area contributed by atoms with Gasteiger partial charge in [-0.15, -0.1) is 0 Å². The minimum atomic E-state index is -0.460. The maximum Gasteiger partial charge on any atom is 0.341 e. The number of hydrogen-bond acceptors (Lipinski definition) is 7. The van der Waals surface area contributed by atoms with Crippen LogP contribution < -0.4 is 0 Å². The topological polar surface area (TPSA) is 85.8 Å². The number of esters is 1. The van der Waals surface area contributed by atoms with Crippen LogP contribution in [0.4, 0.5) is 0 Å². The van der Waals surface area contributed by atoms with Gasteiger partial charge < -0.3 is 18.5 Å². The average Bonchev–Trinajstić information content (AvgIpc) is 3.21. The molecule has 26 heavy (non-hydrogen) atoms. The van der Waals surface area contributed by atoms with Gasteiger partial charge in [0.2, 0.25) is 5.91 Å². The number of oxazole rings is 1. The number of benzene rings is 1. The number of carbonyl (C=O) groups is 2. The molecule has 136 valence electrons. The van der Waals surface area contributed by atoms with Crippen molar-refractivity contribution < 1.29 is 23.2 Å². The second kappa shape index (κ2) is 7.65. The lowest BCUT2D eigenvalue weighted by atomic mass is 10.2. The van der Waals surface area contributed by atoms with Crippen LogP contribution in [0.1, 0.15) is 21.9 Å². The van der Waals surface area contributed by atoms with E-state index in [1.165, 1.54) is 23.8 Å². The summed E-state index contributed by atoms with van der Waals surface area (Å²) in [5.74, 6) is 0.607. The molecular weight excluding hydrogens is 356 g/mol. The molecule has 3 rings (SSSR count). The molecule has 0 saturated carbocycles. The molecule has 0 bridgehead atoms. The fourth-order valence-electron chi connectivity index (χ4n) is 2.40. The zero-order valence-corrected chi connectivity index (χ0v) is 15.5. The van der Waals surface area contributed by atoms with Crippen molar-refractivity contribution in [3.63, 3.8) is 0 Å². The fraction of sp³-hybridized carbons (Fsp3) is 0.278. The summed E-state index contributed by atoms with van der Waals surface area (Å²) in [5.41, 5.74) is 1.82. The van der Waals surface area contributed by atoms with Crippen LogP contribution in [0.2, 0.25) is 0 Å². The number of rotatable bonds is 6. The van der Waals surface area contributed by atoms with Gasteiger partial charge in [0.05, 0.1) is 19.4 Å². The number of thioether (sulfide) groups is 1. The summed E-state index contributed by atoms with van der Waals surface area (Å²) in [5, 5.41) is 0.453. The summed E-state index contributed by atoms with van der Waals surface area (Å²) < 4.78 is 15.8. The maximum atomic E-state index is 12.3. The monoisotopic (exact) mass is 374 g/mol. The van der Waals surface area contributed by atoms with E-state index >= 15 is 0 Å². The maximum absolute atomic E-state index is 12.3. The Bertz CT molecular complexity index is 913. The molecule has 0 radical (unpaired) electrons. The van der Waals surface area contributed by atoms with E-state index in [2.05, 4.69) is 4.98 Å². The van der Waals surface area contributed by atoms with Gasteiger partial charge in [-0.25, -0.2) is 9.78 Å². The predicted octanol–water partition coefficient (Wildman–Crippen LogP) is 3.27. The first-order valence-electron chi connectivity index (χ1n) is 7.88. The van der Waals surface area contributed by atoms with Crippen LogP contribution >= 0.6 is 11.8 Å². The summed E-state index contributed by atoms with van der Waals surface area (Å²) in [6.07, 6.45) is 0. The average molecular weight is 374 g/mol. The molecule has 1 amide bonds. The minimum absolute atomic E-state index is 0.106. The summed E-state index contributed by atoms with van der Waals surface area (Å²) >= 11 is 1.24. The highest BCUT2D eigenvalue weighted by Gasteiger charge is 2.18. The number of amides is 1. The Morgan fingerprint density at radius 3 is 2.77 bits per heavy atom. The lowest BCUT2D eigenvalue weighted by molar-refractivity contribution is -0.127. The van der Waals surface area contributed by atoms with Gasteiger partial charge in [-0.3, -0.25) is 4.79 Å². The Morgan fingerprint density at radius 2 is 2.04 bits per heavy atom. The van der Waals surface area contributed by atoms with Gasteiger partial charge in [0, 0.05) is 7.05 Å². The molecule has 7 nitrogen and oxygen atoms in total. The van der Waals surface area contributed by atoms with E-state index in [0.29, 0.717) is 27.9 Å². The number of para-hydroxylation sites is 2. The van der Waals surface area contributed by atoms with Crippen molar-refractivity contribution in [3.8, 4) is 0 Å². The Morgan fingerprint density at radius 1 is 1.27 bits per heavy atom. The third-order valence-electron chi connectivity index (χ3n) is 3.79. The van der Waals surface area contributed by atoms with Crippen LogP contribution in [0.25, 0.3) is 11.1 Å². The number of aryl methyl sites for hydroxylation is 1. The summed E-state index contributed by atoms with van der Waals surface area (Å²) in [7, 11) is 2.98. The number of nitrogens with zero attached hydrogens (tertiary/aromatic N) is 2. The minimum Gasteiger partial charge on any atom is -0.465 e.